The lowest BCUT2D eigenvalue weighted by Gasteiger charge is -2.16. The number of aromatic hydroxyl groups is 2. The van der Waals surface area contributed by atoms with Crippen molar-refractivity contribution in [2.45, 2.75) is 26.0 Å². The lowest BCUT2D eigenvalue weighted by Crippen LogP contribution is -2.35. The van der Waals surface area contributed by atoms with Gasteiger partial charge < -0.3 is 25.4 Å². The van der Waals surface area contributed by atoms with E-state index in [4.69, 9.17) is 4.74 Å². The van der Waals surface area contributed by atoms with Crippen LogP contribution in [0.3, 0.4) is 0 Å². The number of nitrogens with one attached hydrogen (secondary N) is 1. The number of aliphatic hydroxyl groups excluding tert-OH is 1. The summed E-state index contributed by atoms with van der Waals surface area (Å²) in [5.74, 6) is 0.641. The number of benzene rings is 2. The Balaban J connectivity index is 2.12. The maximum Gasteiger partial charge on any atom is 0.131 e. The van der Waals surface area contributed by atoms with Crippen LogP contribution in [0.4, 0.5) is 0 Å². The first kappa shape index (κ1) is 15.4. The fourth-order valence-electron chi connectivity index (χ4n) is 2.03. The van der Waals surface area contributed by atoms with Gasteiger partial charge in [0.15, 0.2) is 0 Å². The van der Waals surface area contributed by atoms with E-state index < -0.39 is 6.10 Å². The Morgan fingerprint density at radius 2 is 1.86 bits per heavy atom. The van der Waals surface area contributed by atoms with Gasteiger partial charge in [-0.3, -0.25) is 0 Å². The minimum Gasteiger partial charge on any atom is -0.508 e. The molecule has 0 heterocycles. The van der Waals surface area contributed by atoms with Gasteiger partial charge in [-0.25, -0.2) is 0 Å². The van der Waals surface area contributed by atoms with E-state index in [1.807, 2.05) is 13.8 Å². The van der Waals surface area contributed by atoms with Gasteiger partial charge in [-0.15, -0.1) is 0 Å². The molecule has 0 aliphatic carbocycles. The molecule has 0 aromatic heterocycles. The Hall–Kier alpha value is -1.98. The number of fused-ring (bicyclic) bond motifs is 1. The average molecular weight is 291 g/mol. The summed E-state index contributed by atoms with van der Waals surface area (Å²) < 4.78 is 5.59. The third-order valence-electron chi connectivity index (χ3n) is 3.08. The lowest BCUT2D eigenvalue weighted by atomic mass is 10.1. The van der Waals surface area contributed by atoms with E-state index in [0.29, 0.717) is 17.7 Å². The Kier molecular flexibility index (Phi) is 4.88. The number of hydrogen-bond donors (Lipinski definition) is 4. The summed E-state index contributed by atoms with van der Waals surface area (Å²) >= 11 is 0. The summed E-state index contributed by atoms with van der Waals surface area (Å²) in [6.45, 7) is 4.53. The third kappa shape index (κ3) is 4.24. The molecule has 0 saturated carbocycles. The standard InChI is InChI=1S/C16H21NO4/c1-10(2)17-8-14(20)9-21-16-7-13(19)5-11-3-4-12(18)6-15(11)16/h3-7,10,14,17-20H,8-9H2,1-2H3. The van der Waals surface area contributed by atoms with Crippen LogP contribution >= 0.6 is 0 Å². The van der Waals surface area contributed by atoms with Crippen LogP contribution in [0.5, 0.6) is 17.2 Å². The van der Waals surface area contributed by atoms with Crippen LogP contribution in [-0.2, 0) is 0 Å². The Bertz CT molecular complexity index is 612. The first-order valence-corrected chi connectivity index (χ1v) is 6.95. The number of rotatable bonds is 6. The summed E-state index contributed by atoms with van der Waals surface area (Å²) in [6.07, 6.45) is -0.651. The first-order chi connectivity index (χ1) is 9.95. The molecule has 5 heteroatoms. The summed E-state index contributed by atoms with van der Waals surface area (Å²) in [5, 5.41) is 33.7. The zero-order chi connectivity index (χ0) is 15.4. The Morgan fingerprint density at radius 3 is 2.57 bits per heavy atom. The molecule has 1 atom stereocenters. The topological polar surface area (TPSA) is 82.0 Å². The molecule has 0 saturated heterocycles. The summed E-state index contributed by atoms with van der Waals surface area (Å²) in [4.78, 5) is 0. The quantitative estimate of drug-likeness (QED) is 0.654. The highest BCUT2D eigenvalue weighted by molar-refractivity contribution is 5.90. The highest BCUT2D eigenvalue weighted by Crippen LogP contribution is 2.33. The minimum atomic E-state index is -0.651. The molecule has 5 nitrogen and oxygen atoms in total. The molecule has 21 heavy (non-hydrogen) atoms. The molecule has 114 valence electrons. The van der Waals surface area contributed by atoms with Crippen molar-refractivity contribution in [1.82, 2.24) is 5.32 Å². The normalized spacial score (nSPS) is 12.8. The lowest BCUT2D eigenvalue weighted by molar-refractivity contribution is 0.105. The molecular weight excluding hydrogens is 270 g/mol. The van der Waals surface area contributed by atoms with Crippen LogP contribution in [0, 0.1) is 0 Å². The number of phenols is 2. The minimum absolute atomic E-state index is 0.0815. The van der Waals surface area contributed by atoms with Crippen molar-refractivity contribution in [3.8, 4) is 17.2 Å². The first-order valence-electron chi connectivity index (χ1n) is 6.95. The van der Waals surface area contributed by atoms with E-state index in [1.165, 1.54) is 6.07 Å². The maximum absolute atomic E-state index is 9.86. The van der Waals surface area contributed by atoms with Crippen LogP contribution < -0.4 is 10.1 Å². The molecule has 0 bridgehead atoms. The molecule has 2 rings (SSSR count). The highest BCUT2D eigenvalue weighted by Gasteiger charge is 2.10. The Morgan fingerprint density at radius 1 is 1.10 bits per heavy atom. The second-order valence-corrected chi connectivity index (χ2v) is 5.38. The number of ether oxygens (including phenoxy) is 1. The van der Waals surface area contributed by atoms with Crippen LogP contribution in [-0.4, -0.2) is 40.6 Å². The number of phenolic OH excluding ortho intramolecular Hbond substituents is 2. The monoisotopic (exact) mass is 291 g/mol. The van der Waals surface area contributed by atoms with Gasteiger partial charge in [0.2, 0.25) is 0 Å². The van der Waals surface area contributed by atoms with Gasteiger partial charge in [0.25, 0.3) is 0 Å². The van der Waals surface area contributed by atoms with Crippen LogP contribution in [0.15, 0.2) is 30.3 Å². The van der Waals surface area contributed by atoms with E-state index in [2.05, 4.69) is 5.32 Å². The second-order valence-electron chi connectivity index (χ2n) is 5.38. The summed E-state index contributed by atoms with van der Waals surface area (Å²) in [7, 11) is 0. The molecule has 0 fully saturated rings. The van der Waals surface area contributed by atoms with Crippen molar-refractivity contribution in [1.29, 1.82) is 0 Å². The molecule has 2 aromatic carbocycles. The molecule has 4 N–H and O–H groups in total. The van der Waals surface area contributed by atoms with E-state index >= 15 is 0 Å². The van der Waals surface area contributed by atoms with Gasteiger partial charge in [-0.05, 0) is 23.6 Å². The molecule has 0 amide bonds. The Labute approximate surface area is 123 Å². The van der Waals surface area contributed by atoms with Gasteiger partial charge in [0.05, 0.1) is 0 Å². The number of aliphatic hydroxyl groups is 1. The average Bonchev–Trinajstić information content (AvgIpc) is 2.43. The van der Waals surface area contributed by atoms with E-state index in [-0.39, 0.29) is 24.1 Å². The molecule has 0 spiro atoms. The van der Waals surface area contributed by atoms with E-state index in [9.17, 15) is 15.3 Å². The van der Waals surface area contributed by atoms with Crippen molar-refractivity contribution >= 4 is 10.8 Å². The van der Waals surface area contributed by atoms with Crippen LogP contribution in [0.25, 0.3) is 10.8 Å². The fourth-order valence-corrected chi connectivity index (χ4v) is 2.03. The SMILES string of the molecule is CC(C)NCC(O)COc1cc(O)cc2ccc(O)cc12. The van der Waals surface area contributed by atoms with Gasteiger partial charge in [-0.2, -0.15) is 0 Å². The van der Waals surface area contributed by atoms with Crippen molar-refractivity contribution in [3.05, 3.63) is 30.3 Å². The zero-order valence-electron chi connectivity index (χ0n) is 12.2. The van der Waals surface area contributed by atoms with Crippen molar-refractivity contribution in [2.24, 2.45) is 0 Å². The van der Waals surface area contributed by atoms with Gasteiger partial charge >= 0.3 is 0 Å². The second kappa shape index (κ2) is 6.65. The molecule has 1 unspecified atom stereocenters. The predicted octanol–water partition coefficient (Wildman–Crippen LogP) is 1.99. The molecule has 0 radical (unpaired) electrons. The van der Waals surface area contributed by atoms with Gasteiger partial charge in [0.1, 0.15) is 30.0 Å². The summed E-state index contributed by atoms with van der Waals surface area (Å²) in [6, 6.07) is 8.19. The summed E-state index contributed by atoms with van der Waals surface area (Å²) in [5.41, 5.74) is 0. The zero-order valence-corrected chi connectivity index (χ0v) is 12.2. The maximum atomic E-state index is 9.86. The number of hydrogen-bond acceptors (Lipinski definition) is 5. The van der Waals surface area contributed by atoms with Crippen molar-refractivity contribution < 1.29 is 20.1 Å². The highest BCUT2D eigenvalue weighted by atomic mass is 16.5. The smallest absolute Gasteiger partial charge is 0.131 e. The van der Waals surface area contributed by atoms with Gasteiger partial charge in [-0.1, -0.05) is 19.9 Å². The van der Waals surface area contributed by atoms with Crippen molar-refractivity contribution in [3.63, 3.8) is 0 Å². The van der Waals surface area contributed by atoms with E-state index in [0.717, 1.165) is 5.39 Å². The largest absolute Gasteiger partial charge is 0.508 e. The van der Waals surface area contributed by atoms with Crippen LogP contribution in [0.2, 0.25) is 0 Å². The molecular formula is C16H21NO4. The fraction of sp³-hybridized carbons (Fsp3) is 0.375. The predicted molar refractivity (Wildman–Crippen MR) is 81.9 cm³/mol. The van der Waals surface area contributed by atoms with E-state index in [1.54, 1.807) is 24.3 Å². The molecule has 0 aliphatic rings. The van der Waals surface area contributed by atoms with Crippen LogP contribution in [0.1, 0.15) is 13.8 Å². The van der Waals surface area contributed by atoms with Gasteiger partial charge in [0, 0.05) is 24.0 Å². The molecule has 0 aliphatic heterocycles. The molecule has 2 aromatic rings. The third-order valence-corrected chi connectivity index (χ3v) is 3.08. The van der Waals surface area contributed by atoms with Crippen molar-refractivity contribution in [2.75, 3.05) is 13.2 Å².